The second-order valence-electron chi connectivity index (χ2n) is 7.77. The van der Waals surface area contributed by atoms with Crippen LogP contribution < -0.4 is 5.73 Å². The maximum Gasteiger partial charge on any atom is 0.162 e. The van der Waals surface area contributed by atoms with Gasteiger partial charge >= 0.3 is 0 Å². The van der Waals surface area contributed by atoms with E-state index in [1.807, 2.05) is 24.3 Å². The van der Waals surface area contributed by atoms with E-state index in [0.29, 0.717) is 13.0 Å². The van der Waals surface area contributed by atoms with Crippen LogP contribution >= 0.6 is 0 Å². The van der Waals surface area contributed by atoms with Crippen LogP contribution in [0.2, 0.25) is 0 Å². The molecule has 0 heterocycles. The first kappa shape index (κ1) is 21.3. The van der Waals surface area contributed by atoms with Crippen LogP contribution in [-0.2, 0) is 17.8 Å². The predicted octanol–water partition coefficient (Wildman–Crippen LogP) is 3.74. The van der Waals surface area contributed by atoms with E-state index in [1.165, 1.54) is 16.7 Å². The van der Waals surface area contributed by atoms with Crippen molar-refractivity contribution in [1.82, 2.24) is 0 Å². The van der Waals surface area contributed by atoms with Gasteiger partial charge in [0.15, 0.2) is 5.78 Å². The highest BCUT2D eigenvalue weighted by atomic mass is 16.5. The van der Waals surface area contributed by atoms with E-state index in [1.54, 1.807) is 6.92 Å². The number of benzene rings is 2. The van der Waals surface area contributed by atoms with Gasteiger partial charge in [-0.1, -0.05) is 53.6 Å². The molecule has 2 aromatic carbocycles. The van der Waals surface area contributed by atoms with Gasteiger partial charge in [-0.15, -0.1) is 0 Å². The standard InChI is InChI=1S/C23H31NO3/c1-17-11-18(2)13-20(12-17)5-4-6-22(26)21-9-7-19(8-10-21)14-27-16-23(3,24)15-25/h7-13,25H,4-6,14-16,24H2,1-3H3. The number of rotatable bonds is 10. The van der Waals surface area contributed by atoms with E-state index in [-0.39, 0.29) is 19.0 Å². The van der Waals surface area contributed by atoms with Crippen LogP contribution in [0.3, 0.4) is 0 Å². The SMILES string of the molecule is Cc1cc(C)cc(CCCC(=O)c2ccc(COCC(C)(N)CO)cc2)c1. The summed E-state index contributed by atoms with van der Waals surface area (Å²) < 4.78 is 5.54. The van der Waals surface area contributed by atoms with Gasteiger partial charge in [-0.25, -0.2) is 0 Å². The summed E-state index contributed by atoms with van der Waals surface area (Å²) in [5.74, 6) is 0.168. The molecule has 27 heavy (non-hydrogen) atoms. The molecule has 0 saturated heterocycles. The third-order valence-corrected chi connectivity index (χ3v) is 4.49. The molecule has 2 rings (SSSR count). The summed E-state index contributed by atoms with van der Waals surface area (Å²) in [5.41, 5.74) is 10.6. The average molecular weight is 370 g/mol. The number of aliphatic hydroxyl groups excluding tert-OH is 1. The van der Waals surface area contributed by atoms with Gasteiger partial charge in [0.25, 0.3) is 0 Å². The van der Waals surface area contributed by atoms with Crippen LogP contribution in [-0.4, -0.2) is 29.6 Å². The Morgan fingerprint density at radius 3 is 2.30 bits per heavy atom. The molecule has 146 valence electrons. The van der Waals surface area contributed by atoms with Gasteiger partial charge < -0.3 is 15.6 Å². The summed E-state index contributed by atoms with van der Waals surface area (Å²) in [7, 11) is 0. The highest BCUT2D eigenvalue weighted by Crippen LogP contribution is 2.14. The maximum absolute atomic E-state index is 12.4. The molecule has 4 heteroatoms. The normalized spacial score (nSPS) is 13.4. The molecule has 2 aromatic rings. The van der Waals surface area contributed by atoms with Crippen LogP contribution in [0.4, 0.5) is 0 Å². The lowest BCUT2D eigenvalue weighted by Crippen LogP contribution is -2.44. The first-order chi connectivity index (χ1) is 12.8. The highest BCUT2D eigenvalue weighted by Gasteiger charge is 2.17. The molecule has 0 fully saturated rings. The Kier molecular flexibility index (Phi) is 7.72. The minimum absolute atomic E-state index is 0.122. The van der Waals surface area contributed by atoms with Crippen molar-refractivity contribution in [2.45, 2.75) is 52.2 Å². The first-order valence-corrected chi connectivity index (χ1v) is 9.46. The number of aryl methyl sites for hydroxylation is 3. The zero-order valence-corrected chi connectivity index (χ0v) is 16.6. The number of carbonyl (C=O) groups excluding carboxylic acids is 1. The predicted molar refractivity (Wildman–Crippen MR) is 109 cm³/mol. The lowest BCUT2D eigenvalue weighted by atomic mass is 9.99. The largest absolute Gasteiger partial charge is 0.394 e. The van der Waals surface area contributed by atoms with Gasteiger partial charge in [0.1, 0.15) is 0 Å². The Bertz CT molecular complexity index is 730. The number of aliphatic hydroxyl groups is 1. The maximum atomic E-state index is 12.4. The molecular formula is C23H31NO3. The van der Waals surface area contributed by atoms with Crippen molar-refractivity contribution in [1.29, 1.82) is 0 Å². The zero-order valence-electron chi connectivity index (χ0n) is 16.6. The lowest BCUT2D eigenvalue weighted by Gasteiger charge is -2.21. The van der Waals surface area contributed by atoms with E-state index in [0.717, 1.165) is 24.0 Å². The summed E-state index contributed by atoms with van der Waals surface area (Å²) in [6.07, 6.45) is 2.32. The summed E-state index contributed by atoms with van der Waals surface area (Å²) in [6, 6.07) is 14.1. The summed E-state index contributed by atoms with van der Waals surface area (Å²) in [5, 5.41) is 9.12. The third kappa shape index (κ3) is 7.25. The first-order valence-electron chi connectivity index (χ1n) is 9.46. The van der Waals surface area contributed by atoms with E-state index >= 15 is 0 Å². The van der Waals surface area contributed by atoms with Crippen molar-refractivity contribution in [2.24, 2.45) is 5.73 Å². The van der Waals surface area contributed by atoms with Gasteiger partial charge in [-0.3, -0.25) is 4.79 Å². The summed E-state index contributed by atoms with van der Waals surface area (Å²) in [4.78, 5) is 12.4. The number of ether oxygens (including phenoxy) is 1. The van der Waals surface area contributed by atoms with Crippen molar-refractivity contribution >= 4 is 5.78 Å². The van der Waals surface area contributed by atoms with Gasteiger partial charge in [0.2, 0.25) is 0 Å². The fourth-order valence-electron chi connectivity index (χ4n) is 3.05. The molecular weight excluding hydrogens is 338 g/mol. The van der Waals surface area contributed by atoms with Crippen LogP contribution in [0, 0.1) is 13.8 Å². The Labute approximate surface area is 162 Å². The van der Waals surface area contributed by atoms with E-state index in [9.17, 15) is 4.79 Å². The van der Waals surface area contributed by atoms with Crippen molar-refractivity contribution in [2.75, 3.05) is 13.2 Å². The van der Waals surface area contributed by atoms with Crippen LogP contribution in [0.5, 0.6) is 0 Å². The van der Waals surface area contributed by atoms with Gasteiger partial charge in [-0.05, 0) is 44.7 Å². The quantitative estimate of drug-likeness (QED) is 0.626. The van der Waals surface area contributed by atoms with Crippen molar-refractivity contribution in [3.8, 4) is 0 Å². The smallest absolute Gasteiger partial charge is 0.162 e. The minimum Gasteiger partial charge on any atom is -0.394 e. The number of ketones is 1. The molecule has 0 aromatic heterocycles. The summed E-state index contributed by atoms with van der Waals surface area (Å²) >= 11 is 0. The molecule has 1 unspecified atom stereocenters. The van der Waals surface area contributed by atoms with Crippen molar-refractivity contribution < 1.29 is 14.6 Å². The number of carbonyl (C=O) groups is 1. The van der Waals surface area contributed by atoms with Gasteiger partial charge in [0, 0.05) is 12.0 Å². The van der Waals surface area contributed by atoms with E-state index in [2.05, 4.69) is 32.0 Å². The lowest BCUT2D eigenvalue weighted by molar-refractivity contribution is 0.0535. The Morgan fingerprint density at radius 1 is 1.07 bits per heavy atom. The molecule has 0 aliphatic heterocycles. The molecule has 0 amide bonds. The van der Waals surface area contributed by atoms with E-state index in [4.69, 9.17) is 15.6 Å². The van der Waals surface area contributed by atoms with Crippen molar-refractivity contribution in [3.05, 3.63) is 70.3 Å². The molecule has 0 radical (unpaired) electrons. The highest BCUT2D eigenvalue weighted by molar-refractivity contribution is 5.96. The molecule has 0 aliphatic rings. The number of hydrogen-bond acceptors (Lipinski definition) is 4. The number of hydrogen-bond donors (Lipinski definition) is 2. The topological polar surface area (TPSA) is 72.5 Å². The second kappa shape index (κ2) is 9.79. The van der Waals surface area contributed by atoms with E-state index < -0.39 is 5.54 Å². The number of nitrogens with two attached hydrogens (primary N) is 1. The minimum atomic E-state index is -0.730. The average Bonchev–Trinajstić information content (AvgIpc) is 2.61. The molecule has 4 nitrogen and oxygen atoms in total. The molecule has 0 bridgehead atoms. The monoisotopic (exact) mass is 369 g/mol. The zero-order chi connectivity index (χ0) is 19.9. The van der Waals surface area contributed by atoms with Crippen LogP contribution in [0.25, 0.3) is 0 Å². The van der Waals surface area contributed by atoms with Crippen LogP contribution in [0.1, 0.15) is 52.4 Å². The van der Waals surface area contributed by atoms with Gasteiger partial charge in [-0.2, -0.15) is 0 Å². The van der Waals surface area contributed by atoms with Gasteiger partial charge in [0.05, 0.1) is 25.4 Å². The Hall–Kier alpha value is -2.01. The third-order valence-electron chi connectivity index (χ3n) is 4.49. The fourth-order valence-corrected chi connectivity index (χ4v) is 3.05. The second-order valence-corrected chi connectivity index (χ2v) is 7.77. The molecule has 3 N–H and O–H groups in total. The molecule has 0 spiro atoms. The fraction of sp³-hybridized carbons (Fsp3) is 0.435. The Balaban J connectivity index is 1.79. The molecule has 1 atom stereocenters. The molecule has 0 aliphatic carbocycles. The molecule has 0 saturated carbocycles. The van der Waals surface area contributed by atoms with Crippen molar-refractivity contribution in [3.63, 3.8) is 0 Å². The summed E-state index contributed by atoms with van der Waals surface area (Å²) in [6.45, 7) is 6.52. The number of Topliss-reactive ketones (excluding diaryl/α,β-unsaturated/α-hetero) is 1. The Morgan fingerprint density at radius 2 is 1.70 bits per heavy atom. The van der Waals surface area contributed by atoms with Crippen LogP contribution in [0.15, 0.2) is 42.5 Å².